The predicted octanol–water partition coefficient (Wildman–Crippen LogP) is 4.01. The zero-order valence-corrected chi connectivity index (χ0v) is 15.6. The molecule has 0 atom stereocenters. The minimum absolute atomic E-state index is 0.156. The van der Waals surface area contributed by atoms with Gasteiger partial charge in [0.15, 0.2) is 0 Å². The molecule has 0 aliphatic heterocycles. The van der Waals surface area contributed by atoms with Gasteiger partial charge in [-0.05, 0) is 43.9 Å². The Labute approximate surface area is 165 Å². The number of aromatic nitrogens is 5. The average molecular weight is 398 g/mol. The van der Waals surface area contributed by atoms with Crippen LogP contribution in [-0.4, -0.2) is 42.7 Å². The molecule has 150 valence electrons. The van der Waals surface area contributed by atoms with E-state index in [1.165, 1.54) is 0 Å². The minimum Gasteiger partial charge on any atom is -0.350 e. The van der Waals surface area contributed by atoms with E-state index in [0.29, 0.717) is 18.8 Å². The van der Waals surface area contributed by atoms with E-state index < -0.39 is 6.61 Å². The van der Waals surface area contributed by atoms with Gasteiger partial charge in [-0.15, -0.1) is 5.10 Å². The summed E-state index contributed by atoms with van der Waals surface area (Å²) < 4.78 is 33.1. The van der Waals surface area contributed by atoms with Crippen molar-refractivity contribution in [3.05, 3.63) is 49.2 Å². The first-order chi connectivity index (χ1) is 14.2. The molecule has 0 spiro atoms. The Balaban J connectivity index is 1.32. The van der Waals surface area contributed by atoms with Gasteiger partial charge in [0, 0.05) is 42.0 Å². The lowest BCUT2D eigenvalue weighted by atomic mass is 9.93. The molecule has 5 rings (SSSR count). The fourth-order valence-corrected chi connectivity index (χ4v) is 3.96. The molecule has 4 aromatic rings. The molecule has 29 heavy (non-hydrogen) atoms. The van der Waals surface area contributed by atoms with Crippen LogP contribution in [-0.2, 0) is 4.74 Å². The lowest BCUT2D eigenvalue weighted by Crippen LogP contribution is -2.31. The van der Waals surface area contributed by atoms with Crippen LogP contribution in [0, 0.1) is 0 Å². The summed E-state index contributed by atoms with van der Waals surface area (Å²) in [6.45, 7) is -2.70. The molecule has 7 nitrogen and oxygen atoms in total. The SMILES string of the molecule is FC(F)O[C@H]1CC[C@H](Nc2ncc3c(-c4ccc5nccn5c4)ccn3n2)CC1. The largest absolute Gasteiger partial charge is 0.350 e. The summed E-state index contributed by atoms with van der Waals surface area (Å²) in [5.41, 5.74) is 3.90. The van der Waals surface area contributed by atoms with E-state index in [-0.39, 0.29) is 12.1 Å². The number of nitrogens with one attached hydrogen (secondary N) is 1. The normalized spacial score (nSPS) is 20.0. The highest BCUT2D eigenvalue weighted by molar-refractivity contribution is 5.80. The number of pyridine rings is 1. The van der Waals surface area contributed by atoms with Crippen molar-refractivity contribution in [3.63, 3.8) is 0 Å². The second-order valence-electron chi connectivity index (χ2n) is 7.27. The van der Waals surface area contributed by atoms with Crippen molar-refractivity contribution in [2.24, 2.45) is 0 Å². The number of fused-ring (bicyclic) bond motifs is 2. The first kappa shape index (κ1) is 18.0. The minimum atomic E-state index is -2.70. The standard InChI is InChI=1S/C20H20F2N6O/c21-19(22)29-15-4-2-14(3-5-15)25-20-24-11-17-16(7-9-28(17)26-20)13-1-6-18-23-8-10-27(18)12-13/h1,6-12,14-15,19H,2-5H2,(H,25,26)/t14-,15-. The van der Waals surface area contributed by atoms with Crippen molar-refractivity contribution in [2.75, 3.05) is 5.32 Å². The molecule has 0 radical (unpaired) electrons. The number of hydrogen-bond donors (Lipinski definition) is 1. The quantitative estimate of drug-likeness (QED) is 0.550. The number of anilines is 1. The van der Waals surface area contributed by atoms with Crippen molar-refractivity contribution >= 4 is 17.1 Å². The summed E-state index contributed by atoms with van der Waals surface area (Å²) in [6.07, 6.45) is 11.8. The molecule has 1 N–H and O–H groups in total. The van der Waals surface area contributed by atoms with E-state index in [1.54, 1.807) is 16.9 Å². The summed E-state index contributed by atoms with van der Waals surface area (Å²) in [4.78, 5) is 8.73. The number of alkyl halides is 2. The van der Waals surface area contributed by atoms with Crippen LogP contribution in [0.25, 0.3) is 22.3 Å². The van der Waals surface area contributed by atoms with Gasteiger partial charge in [-0.3, -0.25) is 0 Å². The van der Waals surface area contributed by atoms with Crippen LogP contribution >= 0.6 is 0 Å². The molecule has 0 bridgehead atoms. The Morgan fingerprint density at radius 2 is 1.93 bits per heavy atom. The first-order valence-electron chi connectivity index (χ1n) is 9.63. The molecule has 0 unspecified atom stereocenters. The maximum absolute atomic E-state index is 12.3. The molecular weight excluding hydrogens is 378 g/mol. The van der Waals surface area contributed by atoms with E-state index in [9.17, 15) is 8.78 Å². The number of imidazole rings is 1. The number of halogens is 2. The van der Waals surface area contributed by atoms with E-state index in [1.807, 2.05) is 41.2 Å². The lowest BCUT2D eigenvalue weighted by molar-refractivity contribution is -0.169. The van der Waals surface area contributed by atoms with Gasteiger partial charge in [0.1, 0.15) is 5.65 Å². The Morgan fingerprint density at radius 1 is 1.07 bits per heavy atom. The summed E-state index contributed by atoms with van der Waals surface area (Å²) in [7, 11) is 0. The number of ether oxygens (including phenoxy) is 1. The van der Waals surface area contributed by atoms with Crippen LogP contribution in [0.5, 0.6) is 0 Å². The zero-order valence-electron chi connectivity index (χ0n) is 15.6. The Kier molecular flexibility index (Phi) is 4.59. The topological polar surface area (TPSA) is 68.8 Å². The summed E-state index contributed by atoms with van der Waals surface area (Å²) in [5.74, 6) is 0.530. The van der Waals surface area contributed by atoms with Gasteiger partial charge in [0.2, 0.25) is 5.95 Å². The van der Waals surface area contributed by atoms with Gasteiger partial charge in [-0.2, -0.15) is 8.78 Å². The van der Waals surface area contributed by atoms with Gasteiger partial charge >= 0.3 is 6.61 Å². The second kappa shape index (κ2) is 7.40. The third kappa shape index (κ3) is 3.65. The monoisotopic (exact) mass is 398 g/mol. The van der Waals surface area contributed by atoms with Crippen LogP contribution < -0.4 is 5.32 Å². The number of nitrogens with zero attached hydrogens (tertiary/aromatic N) is 5. The highest BCUT2D eigenvalue weighted by atomic mass is 19.3. The third-order valence-electron chi connectivity index (χ3n) is 5.42. The summed E-state index contributed by atoms with van der Waals surface area (Å²) >= 11 is 0. The fourth-order valence-electron chi connectivity index (χ4n) is 3.96. The Bertz CT molecular complexity index is 1130. The molecule has 1 saturated carbocycles. The van der Waals surface area contributed by atoms with Crippen molar-refractivity contribution in [3.8, 4) is 11.1 Å². The number of rotatable bonds is 5. The molecule has 0 aromatic carbocycles. The van der Waals surface area contributed by atoms with E-state index in [4.69, 9.17) is 0 Å². The van der Waals surface area contributed by atoms with Gasteiger partial charge in [-0.1, -0.05) is 0 Å². The maximum atomic E-state index is 12.3. The second-order valence-corrected chi connectivity index (χ2v) is 7.27. The van der Waals surface area contributed by atoms with Gasteiger partial charge in [-0.25, -0.2) is 14.5 Å². The predicted molar refractivity (Wildman–Crippen MR) is 104 cm³/mol. The molecule has 0 amide bonds. The number of hydrogen-bond acceptors (Lipinski definition) is 5. The van der Waals surface area contributed by atoms with Crippen LogP contribution in [0.15, 0.2) is 49.2 Å². The Hall–Kier alpha value is -3.07. The molecule has 4 heterocycles. The molecule has 1 aliphatic rings. The van der Waals surface area contributed by atoms with Gasteiger partial charge in [0.25, 0.3) is 0 Å². The van der Waals surface area contributed by atoms with Crippen LogP contribution in [0.2, 0.25) is 0 Å². The Morgan fingerprint density at radius 3 is 2.76 bits per heavy atom. The molecule has 1 aliphatic carbocycles. The third-order valence-corrected chi connectivity index (χ3v) is 5.42. The maximum Gasteiger partial charge on any atom is 0.345 e. The highest BCUT2D eigenvalue weighted by Gasteiger charge is 2.24. The lowest BCUT2D eigenvalue weighted by Gasteiger charge is -2.28. The van der Waals surface area contributed by atoms with E-state index >= 15 is 0 Å². The average Bonchev–Trinajstić information content (AvgIpc) is 3.35. The van der Waals surface area contributed by atoms with Crippen LogP contribution in [0.1, 0.15) is 25.7 Å². The zero-order chi connectivity index (χ0) is 19.8. The molecule has 4 aromatic heterocycles. The molecular formula is C20H20F2N6O. The van der Waals surface area contributed by atoms with E-state index in [0.717, 1.165) is 35.1 Å². The van der Waals surface area contributed by atoms with E-state index in [2.05, 4.69) is 25.1 Å². The van der Waals surface area contributed by atoms with Gasteiger partial charge in [0.05, 0.1) is 17.8 Å². The highest BCUT2D eigenvalue weighted by Crippen LogP contribution is 2.27. The molecule has 9 heteroatoms. The van der Waals surface area contributed by atoms with Crippen molar-refractivity contribution in [2.45, 2.75) is 44.4 Å². The first-order valence-corrected chi connectivity index (χ1v) is 9.63. The fraction of sp³-hybridized carbons (Fsp3) is 0.350. The van der Waals surface area contributed by atoms with Crippen molar-refractivity contribution in [1.82, 2.24) is 24.0 Å². The molecule has 0 saturated heterocycles. The summed E-state index contributed by atoms with van der Waals surface area (Å²) in [6, 6.07) is 6.18. The van der Waals surface area contributed by atoms with Gasteiger partial charge < -0.3 is 14.5 Å². The molecule has 1 fully saturated rings. The van der Waals surface area contributed by atoms with Crippen molar-refractivity contribution < 1.29 is 13.5 Å². The smallest absolute Gasteiger partial charge is 0.345 e. The van der Waals surface area contributed by atoms with Crippen LogP contribution in [0.4, 0.5) is 14.7 Å². The van der Waals surface area contributed by atoms with Crippen molar-refractivity contribution in [1.29, 1.82) is 0 Å². The summed E-state index contributed by atoms with van der Waals surface area (Å²) in [5, 5.41) is 7.88. The van der Waals surface area contributed by atoms with Crippen LogP contribution in [0.3, 0.4) is 0 Å².